The summed E-state index contributed by atoms with van der Waals surface area (Å²) in [5.41, 5.74) is 12.9. The number of piperidine rings is 1. The van der Waals surface area contributed by atoms with E-state index in [1.807, 2.05) is 25.1 Å². The van der Waals surface area contributed by atoms with E-state index in [2.05, 4.69) is 20.5 Å². The Bertz CT molecular complexity index is 1310. The van der Waals surface area contributed by atoms with Gasteiger partial charge in [0.1, 0.15) is 5.82 Å². The van der Waals surface area contributed by atoms with Gasteiger partial charge in [-0.3, -0.25) is 25.0 Å². The summed E-state index contributed by atoms with van der Waals surface area (Å²) in [6.07, 6.45) is 3.47. The number of piperazine rings is 1. The fourth-order valence-corrected chi connectivity index (χ4v) is 5.08. The summed E-state index contributed by atoms with van der Waals surface area (Å²) >= 11 is 0. The first kappa shape index (κ1) is 31.8. The topological polar surface area (TPSA) is 179 Å². The number of amides is 3. The Morgan fingerprint density at radius 2 is 1.71 bits per heavy atom. The molecule has 2 saturated heterocycles. The molecule has 1 aromatic carbocycles. The Kier molecular flexibility index (Phi) is 10.3. The number of guanidine groups is 1. The Balaban J connectivity index is 0.00000462. The molecule has 4 rings (SSSR count). The number of carbonyl (C=O) groups excluding carboxylic acids is 2. The van der Waals surface area contributed by atoms with Crippen molar-refractivity contribution in [3.8, 4) is 5.69 Å². The molecule has 0 bridgehead atoms. The zero-order valence-electron chi connectivity index (χ0n) is 23.9. The van der Waals surface area contributed by atoms with Gasteiger partial charge in [-0.25, -0.2) is 9.59 Å². The van der Waals surface area contributed by atoms with E-state index in [4.69, 9.17) is 16.9 Å². The number of hydrogen-bond acceptors (Lipinski definition) is 7. The average Bonchev–Trinajstić information content (AvgIpc) is 2.90. The number of aryl methyl sites for hydroxylation is 1. The quantitative estimate of drug-likeness (QED) is 0.243. The van der Waals surface area contributed by atoms with E-state index in [1.165, 1.54) is 10.1 Å². The molecule has 0 unspecified atom stereocenters. The predicted octanol–water partition coefficient (Wildman–Crippen LogP) is 0.824. The van der Waals surface area contributed by atoms with Gasteiger partial charge in [0.05, 0.1) is 11.2 Å². The number of nitrogens with zero attached hydrogens (tertiary/aromatic N) is 5. The van der Waals surface area contributed by atoms with Crippen LogP contribution in [-0.4, -0.2) is 93.0 Å². The normalized spacial score (nSPS) is 16.6. The molecule has 0 spiro atoms. The number of hydrogen-bond donors (Lipinski definition) is 5. The highest BCUT2D eigenvalue weighted by atomic mass is 35.5. The molecule has 0 atom stereocenters. The third-order valence-electron chi connectivity index (χ3n) is 7.39. The van der Waals surface area contributed by atoms with Crippen LogP contribution in [0.15, 0.2) is 35.3 Å². The molecule has 224 valence electrons. The summed E-state index contributed by atoms with van der Waals surface area (Å²) in [6, 6.07) is 7.36. The summed E-state index contributed by atoms with van der Waals surface area (Å²) in [7, 11) is 0. The van der Waals surface area contributed by atoms with Gasteiger partial charge in [-0.05, 0) is 62.9 Å². The lowest BCUT2D eigenvalue weighted by Crippen LogP contribution is -2.58. The van der Waals surface area contributed by atoms with Gasteiger partial charge in [0.25, 0.3) is 0 Å². The summed E-state index contributed by atoms with van der Waals surface area (Å²) in [5.74, 6) is 0.0402. The highest BCUT2D eigenvalue weighted by Gasteiger charge is 2.31. The predicted molar refractivity (Wildman–Crippen MR) is 161 cm³/mol. The van der Waals surface area contributed by atoms with Crippen LogP contribution in [-0.2, 0) is 11.3 Å². The minimum Gasteiger partial charge on any atom is -0.370 e. The van der Waals surface area contributed by atoms with E-state index >= 15 is 0 Å². The van der Waals surface area contributed by atoms with Crippen LogP contribution in [0.25, 0.3) is 5.69 Å². The first-order chi connectivity index (χ1) is 18.9. The number of anilines is 1. The number of aromatic nitrogens is 2. The number of urea groups is 1. The maximum atomic E-state index is 12.8. The number of nitrogens with one attached hydrogen (secondary N) is 3. The van der Waals surface area contributed by atoms with Crippen LogP contribution < -0.4 is 27.8 Å². The van der Waals surface area contributed by atoms with Crippen LogP contribution >= 0.6 is 12.4 Å². The molecule has 14 heteroatoms. The molecule has 3 heterocycles. The second-order valence-corrected chi connectivity index (χ2v) is 11.1. The first-order valence-corrected chi connectivity index (χ1v) is 13.6. The average molecular weight is 589 g/mol. The van der Waals surface area contributed by atoms with Crippen molar-refractivity contribution in [3.63, 3.8) is 0 Å². The van der Waals surface area contributed by atoms with Crippen LogP contribution in [0.4, 0.5) is 10.6 Å². The molecule has 2 aliphatic rings. The fraction of sp³-hybridized carbons (Fsp3) is 0.519. The SMILES string of the molecule is Cc1cc(-n2ccc(NC(=O)N3CCN(C(=O)C(C)(C)N)CC3)nc2=O)ccc1CN1CCC(NC(=N)N)CC1.Cl. The molecule has 2 fully saturated rings. The van der Waals surface area contributed by atoms with Gasteiger partial charge >= 0.3 is 11.7 Å². The van der Waals surface area contributed by atoms with Gasteiger partial charge in [0.15, 0.2) is 5.96 Å². The third-order valence-corrected chi connectivity index (χ3v) is 7.39. The smallest absolute Gasteiger partial charge is 0.354 e. The van der Waals surface area contributed by atoms with E-state index < -0.39 is 11.2 Å². The van der Waals surface area contributed by atoms with E-state index in [-0.39, 0.29) is 42.2 Å². The summed E-state index contributed by atoms with van der Waals surface area (Å²) in [6.45, 7) is 9.53. The Hall–Kier alpha value is -3.68. The van der Waals surface area contributed by atoms with E-state index in [0.29, 0.717) is 31.9 Å². The molecule has 13 nitrogen and oxygen atoms in total. The van der Waals surface area contributed by atoms with Gasteiger partial charge in [-0.1, -0.05) is 6.07 Å². The summed E-state index contributed by atoms with van der Waals surface area (Å²) < 4.78 is 1.45. The zero-order valence-corrected chi connectivity index (χ0v) is 24.7. The standard InChI is InChI=1S/C27H40N10O3.ClH/c1-18-16-21(5-4-19(18)17-34-9-6-20(7-10-34)31-24(28)29)37-11-8-22(33-26(37)40)32-25(39)36-14-12-35(13-15-36)23(38)27(2,3)30;/h4-5,8,11,16,20H,6-7,9-10,12-15,17,30H2,1-3H3,(H4,28,29,31)(H,32,33,39,40);1H. The van der Waals surface area contributed by atoms with Crippen LogP contribution in [0.5, 0.6) is 0 Å². The van der Waals surface area contributed by atoms with Crippen LogP contribution in [0.2, 0.25) is 0 Å². The monoisotopic (exact) mass is 588 g/mol. The Labute approximate surface area is 246 Å². The molecular formula is C27H41ClN10O3. The molecule has 1 aromatic heterocycles. The minimum atomic E-state index is -0.954. The van der Waals surface area contributed by atoms with Crippen LogP contribution in [0, 0.1) is 12.3 Å². The Morgan fingerprint density at radius 1 is 1.07 bits per heavy atom. The zero-order chi connectivity index (χ0) is 29.0. The number of likely N-dealkylation sites (tertiary alicyclic amines) is 1. The molecule has 0 radical (unpaired) electrons. The Morgan fingerprint density at radius 3 is 2.27 bits per heavy atom. The van der Waals surface area contributed by atoms with Crippen molar-refractivity contribution < 1.29 is 9.59 Å². The van der Waals surface area contributed by atoms with Gasteiger partial charge in [0.2, 0.25) is 5.91 Å². The molecule has 7 N–H and O–H groups in total. The van der Waals surface area contributed by atoms with Crippen LogP contribution in [0.1, 0.15) is 37.8 Å². The number of nitrogens with two attached hydrogens (primary N) is 2. The summed E-state index contributed by atoms with van der Waals surface area (Å²) in [4.78, 5) is 47.6. The number of rotatable bonds is 6. The number of halogens is 1. The van der Waals surface area contributed by atoms with Crippen molar-refractivity contribution in [2.24, 2.45) is 11.5 Å². The third kappa shape index (κ3) is 8.18. The molecular weight excluding hydrogens is 548 g/mol. The van der Waals surface area contributed by atoms with Crippen molar-refractivity contribution in [2.45, 2.75) is 51.7 Å². The van der Waals surface area contributed by atoms with E-state index in [0.717, 1.165) is 38.0 Å². The van der Waals surface area contributed by atoms with Gasteiger partial charge in [-0.15, -0.1) is 12.4 Å². The van der Waals surface area contributed by atoms with Crippen molar-refractivity contribution in [1.29, 1.82) is 5.41 Å². The lowest BCUT2D eigenvalue weighted by molar-refractivity contribution is -0.137. The summed E-state index contributed by atoms with van der Waals surface area (Å²) in [5, 5.41) is 13.1. The molecule has 0 saturated carbocycles. The molecule has 2 aliphatic heterocycles. The van der Waals surface area contributed by atoms with Crippen molar-refractivity contribution in [1.82, 2.24) is 29.6 Å². The minimum absolute atomic E-state index is 0. The van der Waals surface area contributed by atoms with Crippen molar-refractivity contribution in [2.75, 3.05) is 44.6 Å². The highest BCUT2D eigenvalue weighted by molar-refractivity contribution is 5.89. The van der Waals surface area contributed by atoms with E-state index in [9.17, 15) is 14.4 Å². The van der Waals surface area contributed by atoms with Crippen LogP contribution in [0.3, 0.4) is 0 Å². The van der Waals surface area contributed by atoms with Crippen molar-refractivity contribution >= 4 is 36.1 Å². The number of benzene rings is 1. The largest absolute Gasteiger partial charge is 0.370 e. The second-order valence-electron chi connectivity index (χ2n) is 11.1. The lowest BCUT2D eigenvalue weighted by Gasteiger charge is -2.37. The maximum absolute atomic E-state index is 12.8. The fourth-order valence-electron chi connectivity index (χ4n) is 5.08. The van der Waals surface area contributed by atoms with Gasteiger partial charge < -0.3 is 26.6 Å². The lowest BCUT2D eigenvalue weighted by atomic mass is 10.0. The van der Waals surface area contributed by atoms with E-state index in [1.54, 1.807) is 35.9 Å². The van der Waals surface area contributed by atoms with Crippen molar-refractivity contribution in [3.05, 3.63) is 52.1 Å². The molecule has 41 heavy (non-hydrogen) atoms. The van der Waals surface area contributed by atoms with Gasteiger partial charge in [0, 0.05) is 58.1 Å². The molecule has 0 aliphatic carbocycles. The number of carbonyl (C=O) groups is 2. The first-order valence-electron chi connectivity index (χ1n) is 13.6. The van der Waals surface area contributed by atoms with Gasteiger partial charge in [-0.2, -0.15) is 4.98 Å². The molecule has 3 amide bonds. The maximum Gasteiger partial charge on any atom is 0.354 e. The molecule has 2 aromatic rings. The highest BCUT2D eigenvalue weighted by Crippen LogP contribution is 2.19. The second kappa shape index (κ2) is 13.3.